The van der Waals surface area contributed by atoms with E-state index in [0.717, 1.165) is 16.8 Å². The Morgan fingerprint density at radius 1 is 0.833 bits per heavy atom. The lowest BCUT2D eigenvalue weighted by atomic mass is 9.90. The molecule has 5 rings (SSSR count). The minimum atomic E-state index is -0.877. The maximum Gasteiger partial charge on any atom is 0.266 e. The van der Waals surface area contributed by atoms with E-state index >= 15 is 0 Å². The molecule has 0 aromatic heterocycles. The van der Waals surface area contributed by atoms with Gasteiger partial charge in [0.1, 0.15) is 5.92 Å². The van der Waals surface area contributed by atoms with Crippen molar-refractivity contribution >= 4 is 34.8 Å². The van der Waals surface area contributed by atoms with Gasteiger partial charge >= 0.3 is 0 Å². The fourth-order valence-corrected chi connectivity index (χ4v) is 4.39. The van der Waals surface area contributed by atoms with Crippen LogP contribution in [0.15, 0.2) is 78.9 Å². The summed E-state index contributed by atoms with van der Waals surface area (Å²) in [6, 6.07) is 23.8. The van der Waals surface area contributed by atoms with Gasteiger partial charge in [0.2, 0.25) is 5.91 Å². The van der Waals surface area contributed by atoms with Gasteiger partial charge in [-0.15, -0.1) is 0 Å². The standard InChI is InChI=1S/C24H19ClN2O3/c1-15-7-5-6-10-19(15)26-23(28)20-21(16-8-3-2-4-9-16)27(30-22(20)24(26)29)18-13-11-17(25)12-14-18/h2-14,20-22H,1H3. The molecule has 2 aliphatic rings. The van der Waals surface area contributed by atoms with Crippen LogP contribution in [0, 0.1) is 12.8 Å². The summed E-state index contributed by atoms with van der Waals surface area (Å²) in [6.45, 7) is 1.89. The molecule has 30 heavy (non-hydrogen) atoms. The lowest BCUT2D eigenvalue weighted by Gasteiger charge is -2.29. The van der Waals surface area contributed by atoms with Crippen LogP contribution in [-0.4, -0.2) is 17.9 Å². The van der Waals surface area contributed by atoms with Gasteiger partial charge in [-0.2, -0.15) is 0 Å². The molecule has 2 amide bonds. The first kappa shape index (κ1) is 18.9. The Morgan fingerprint density at radius 3 is 2.20 bits per heavy atom. The summed E-state index contributed by atoms with van der Waals surface area (Å²) in [5.41, 5.74) is 3.12. The second-order valence-electron chi connectivity index (χ2n) is 7.51. The lowest BCUT2D eigenvalue weighted by molar-refractivity contribution is -0.126. The Balaban J connectivity index is 1.59. The number of hydrogen-bond acceptors (Lipinski definition) is 4. The van der Waals surface area contributed by atoms with E-state index in [1.54, 1.807) is 23.3 Å². The van der Waals surface area contributed by atoms with Crippen molar-refractivity contribution in [1.82, 2.24) is 0 Å². The molecule has 2 heterocycles. The third kappa shape index (κ3) is 2.90. The number of fused-ring (bicyclic) bond motifs is 1. The Labute approximate surface area is 179 Å². The molecule has 0 saturated carbocycles. The second-order valence-corrected chi connectivity index (χ2v) is 7.94. The molecule has 3 aromatic carbocycles. The highest BCUT2D eigenvalue weighted by molar-refractivity contribution is 6.30. The normalized spacial score (nSPS) is 23.2. The van der Waals surface area contributed by atoms with E-state index in [4.69, 9.17) is 16.4 Å². The number of carbonyl (C=O) groups excluding carboxylic acids is 2. The number of nitrogens with zero attached hydrogens (tertiary/aromatic N) is 2. The van der Waals surface area contributed by atoms with Gasteiger partial charge in [0.15, 0.2) is 6.10 Å². The Kier molecular flexibility index (Phi) is 4.57. The summed E-state index contributed by atoms with van der Waals surface area (Å²) in [6.07, 6.45) is -0.877. The molecule has 6 heteroatoms. The van der Waals surface area contributed by atoms with Crippen LogP contribution in [0.3, 0.4) is 0 Å². The Hall–Kier alpha value is -3.15. The van der Waals surface area contributed by atoms with Crippen LogP contribution in [0.4, 0.5) is 11.4 Å². The number of aryl methyl sites for hydroxylation is 1. The molecule has 0 spiro atoms. The van der Waals surface area contributed by atoms with Crippen molar-refractivity contribution < 1.29 is 14.4 Å². The zero-order valence-electron chi connectivity index (χ0n) is 16.2. The Bertz CT molecular complexity index is 1120. The molecule has 150 valence electrons. The van der Waals surface area contributed by atoms with Gasteiger partial charge in [-0.05, 0) is 48.4 Å². The maximum atomic E-state index is 13.5. The molecule has 5 nitrogen and oxygen atoms in total. The van der Waals surface area contributed by atoms with Gasteiger partial charge < -0.3 is 0 Å². The number of rotatable bonds is 3. The summed E-state index contributed by atoms with van der Waals surface area (Å²) in [5, 5.41) is 2.28. The predicted octanol–water partition coefficient (Wildman–Crippen LogP) is 4.70. The molecule has 2 aliphatic heterocycles. The first-order valence-electron chi connectivity index (χ1n) is 9.76. The van der Waals surface area contributed by atoms with Crippen molar-refractivity contribution in [1.29, 1.82) is 0 Å². The average Bonchev–Trinajstić information content (AvgIpc) is 3.26. The molecular formula is C24H19ClN2O3. The zero-order valence-corrected chi connectivity index (χ0v) is 17.0. The van der Waals surface area contributed by atoms with Crippen molar-refractivity contribution in [2.75, 3.05) is 9.96 Å². The number of hydroxylamine groups is 1. The highest BCUT2D eigenvalue weighted by Gasteiger charge is 2.60. The molecule has 2 fully saturated rings. The topological polar surface area (TPSA) is 49.9 Å². The summed E-state index contributed by atoms with van der Waals surface area (Å²) in [5.74, 6) is -1.23. The minimum absolute atomic E-state index is 0.246. The summed E-state index contributed by atoms with van der Waals surface area (Å²) >= 11 is 6.04. The fraction of sp³-hybridized carbons (Fsp3) is 0.167. The monoisotopic (exact) mass is 418 g/mol. The van der Waals surface area contributed by atoms with Crippen LogP contribution in [0.1, 0.15) is 17.2 Å². The van der Waals surface area contributed by atoms with Crippen molar-refractivity contribution in [3.05, 3.63) is 95.0 Å². The SMILES string of the molecule is Cc1ccccc1N1C(=O)C2ON(c3ccc(Cl)cc3)C(c3ccccc3)C2C1=O. The van der Waals surface area contributed by atoms with Crippen molar-refractivity contribution in [3.63, 3.8) is 0 Å². The first-order valence-corrected chi connectivity index (χ1v) is 10.1. The molecular weight excluding hydrogens is 400 g/mol. The fourth-order valence-electron chi connectivity index (χ4n) is 4.27. The van der Waals surface area contributed by atoms with E-state index in [-0.39, 0.29) is 11.8 Å². The summed E-state index contributed by atoms with van der Waals surface area (Å²) < 4.78 is 0. The number of benzene rings is 3. The average molecular weight is 419 g/mol. The number of anilines is 2. The van der Waals surface area contributed by atoms with Crippen LogP contribution in [0.25, 0.3) is 0 Å². The molecule has 0 aliphatic carbocycles. The predicted molar refractivity (Wildman–Crippen MR) is 115 cm³/mol. The van der Waals surface area contributed by atoms with Crippen LogP contribution < -0.4 is 9.96 Å². The van der Waals surface area contributed by atoms with E-state index < -0.39 is 18.1 Å². The molecule has 3 aromatic rings. The van der Waals surface area contributed by atoms with E-state index in [1.165, 1.54) is 4.90 Å². The van der Waals surface area contributed by atoms with Gasteiger partial charge in [0.05, 0.1) is 17.4 Å². The van der Waals surface area contributed by atoms with Gasteiger partial charge in [0, 0.05) is 5.02 Å². The molecule has 0 bridgehead atoms. The Morgan fingerprint density at radius 2 is 1.50 bits per heavy atom. The lowest BCUT2D eigenvalue weighted by Crippen LogP contribution is -2.37. The summed E-state index contributed by atoms with van der Waals surface area (Å²) in [4.78, 5) is 34.2. The second kappa shape index (κ2) is 7.27. The largest absolute Gasteiger partial charge is 0.273 e. The molecule has 2 saturated heterocycles. The number of para-hydroxylation sites is 1. The van der Waals surface area contributed by atoms with Crippen LogP contribution in [0.5, 0.6) is 0 Å². The third-order valence-corrected chi connectivity index (χ3v) is 5.95. The number of amides is 2. The van der Waals surface area contributed by atoms with Crippen LogP contribution >= 0.6 is 11.6 Å². The number of carbonyl (C=O) groups is 2. The van der Waals surface area contributed by atoms with E-state index in [9.17, 15) is 9.59 Å². The van der Waals surface area contributed by atoms with E-state index in [1.807, 2.05) is 67.6 Å². The zero-order chi connectivity index (χ0) is 20.8. The van der Waals surface area contributed by atoms with Crippen molar-refractivity contribution in [2.24, 2.45) is 5.92 Å². The van der Waals surface area contributed by atoms with Gasteiger partial charge in [0.25, 0.3) is 5.91 Å². The smallest absolute Gasteiger partial charge is 0.266 e. The summed E-state index contributed by atoms with van der Waals surface area (Å²) in [7, 11) is 0. The molecule has 3 atom stereocenters. The van der Waals surface area contributed by atoms with Gasteiger partial charge in [-0.25, -0.2) is 9.96 Å². The first-order chi connectivity index (χ1) is 14.6. The maximum absolute atomic E-state index is 13.5. The van der Waals surface area contributed by atoms with Crippen molar-refractivity contribution in [2.45, 2.75) is 19.1 Å². The quantitative estimate of drug-likeness (QED) is 0.578. The van der Waals surface area contributed by atoms with Gasteiger partial charge in [-0.1, -0.05) is 60.1 Å². The highest BCUT2D eigenvalue weighted by atomic mass is 35.5. The molecule has 0 radical (unpaired) electrons. The number of imide groups is 1. The van der Waals surface area contributed by atoms with Crippen molar-refractivity contribution in [3.8, 4) is 0 Å². The van der Waals surface area contributed by atoms with Crippen LogP contribution in [0.2, 0.25) is 5.02 Å². The van der Waals surface area contributed by atoms with E-state index in [2.05, 4.69) is 0 Å². The number of halogens is 1. The molecule has 0 N–H and O–H groups in total. The third-order valence-electron chi connectivity index (χ3n) is 5.69. The van der Waals surface area contributed by atoms with Gasteiger partial charge in [-0.3, -0.25) is 14.4 Å². The highest BCUT2D eigenvalue weighted by Crippen LogP contribution is 2.47. The minimum Gasteiger partial charge on any atom is -0.273 e. The number of hydrogen-bond donors (Lipinski definition) is 0. The van der Waals surface area contributed by atoms with Crippen LogP contribution in [-0.2, 0) is 14.4 Å². The van der Waals surface area contributed by atoms with E-state index in [0.29, 0.717) is 10.7 Å². The molecule has 3 unspecified atom stereocenters.